The van der Waals surface area contributed by atoms with Gasteiger partial charge in [-0.2, -0.15) is 8.78 Å². The Morgan fingerprint density at radius 2 is 1.53 bits per heavy atom. The Morgan fingerprint density at radius 3 is 2.24 bits per heavy atom. The van der Waals surface area contributed by atoms with Crippen LogP contribution in [0.4, 0.5) is 14.5 Å². The van der Waals surface area contributed by atoms with Gasteiger partial charge in [-0.05, 0) is 84.9 Å². The lowest BCUT2D eigenvalue weighted by molar-refractivity contribution is -0.152. The number of hydrogen-bond acceptors (Lipinski definition) is 3. The summed E-state index contributed by atoms with van der Waals surface area (Å²) in [7, 11) is 0. The third-order valence-electron chi connectivity index (χ3n) is 7.11. The van der Waals surface area contributed by atoms with E-state index in [0.717, 1.165) is 41.6 Å². The van der Waals surface area contributed by atoms with Gasteiger partial charge in [0.2, 0.25) is 0 Å². The van der Waals surface area contributed by atoms with Gasteiger partial charge in [-0.15, -0.1) is 0 Å². The van der Waals surface area contributed by atoms with Crippen LogP contribution in [0, 0.1) is 6.92 Å². The van der Waals surface area contributed by atoms with Gasteiger partial charge >= 0.3 is 5.92 Å². The van der Waals surface area contributed by atoms with Crippen LogP contribution in [0.1, 0.15) is 36.6 Å². The molecule has 0 radical (unpaired) electrons. The fraction of sp³-hybridized carbons (Fsp3) is 0.250. The van der Waals surface area contributed by atoms with Gasteiger partial charge in [-0.25, -0.2) is 0 Å². The molecule has 1 fully saturated rings. The smallest absolute Gasteiger partial charge is 0.321 e. The predicted molar refractivity (Wildman–Crippen MR) is 148 cm³/mol. The first-order valence-electron chi connectivity index (χ1n) is 13.0. The maximum Gasteiger partial charge on any atom is 0.344 e. The summed E-state index contributed by atoms with van der Waals surface area (Å²) in [5.74, 6) is -4.97. The molecule has 0 aliphatic carbocycles. The number of carbonyl (C=O) groups excluding carboxylic acids is 1. The van der Waals surface area contributed by atoms with Gasteiger partial charge in [-0.1, -0.05) is 73.2 Å². The lowest BCUT2D eigenvalue weighted by atomic mass is 9.89. The summed E-state index contributed by atoms with van der Waals surface area (Å²) in [4.78, 5) is 19.2. The van der Waals surface area contributed by atoms with Crippen LogP contribution in [0.2, 0.25) is 0 Å². The Balaban J connectivity index is 1.45. The maximum absolute atomic E-state index is 16.3. The van der Waals surface area contributed by atoms with E-state index in [9.17, 15) is 4.79 Å². The highest BCUT2D eigenvalue weighted by Crippen LogP contribution is 2.42. The van der Waals surface area contributed by atoms with Gasteiger partial charge < -0.3 is 5.32 Å². The largest absolute Gasteiger partial charge is 0.344 e. The minimum atomic E-state index is -3.66. The van der Waals surface area contributed by atoms with Crippen molar-refractivity contribution in [2.24, 2.45) is 0 Å². The number of carbonyl (C=O) groups is 1. The molecule has 1 atom stereocenters. The van der Waals surface area contributed by atoms with Gasteiger partial charge in [-0.3, -0.25) is 14.7 Å². The van der Waals surface area contributed by atoms with E-state index in [4.69, 9.17) is 0 Å². The Hall–Kier alpha value is -3.90. The van der Waals surface area contributed by atoms with Crippen molar-refractivity contribution in [2.75, 3.05) is 18.4 Å². The number of anilines is 1. The number of alkyl halides is 2. The van der Waals surface area contributed by atoms with Crippen molar-refractivity contribution in [1.82, 2.24) is 9.88 Å². The zero-order valence-electron chi connectivity index (χ0n) is 21.4. The number of nitrogens with zero attached hydrogens (tertiary/aromatic N) is 2. The molecule has 38 heavy (non-hydrogen) atoms. The molecule has 5 rings (SSSR count). The fourth-order valence-corrected chi connectivity index (χ4v) is 5.22. The van der Waals surface area contributed by atoms with Crippen LogP contribution in [-0.2, 0) is 4.79 Å². The third kappa shape index (κ3) is 5.50. The molecular formula is C32H31F2N3O. The molecule has 3 aromatic carbocycles. The van der Waals surface area contributed by atoms with Gasteiger partial charge in [0.1, 0.15) is 6.04 Å². The first-order valence-corrected chi connectivity index (χ1v) is 13.0. The van der Waals surface area contributed by atoms with E-state index in [1.807, 2.05) is 73.7 Å². The molecule has 194 valence electrons. The van der Waals surface area contributed by atoms with Crippen LogP contribution >= 0.6 is 0 Å². The van der Waals surface area contributed by atoms with Gasteiger partial charge in [0.25, 0.3) is 5.91 Å². The van der Waals surface area contributed by atoms with Crippen molar-refractivity contribution >= 4 is 11.6 Å². The first kappa shape index (κ1) is 25.7. The Morgan fingerprint density at radius 1 is 0.842 bits per heavy atom. The number of pyridine rings is 1. The molecule has 1 unspecified atom stereocenters. The monoisotopic (exact) mass is 511 g/mol. The van der Waals surface area contributed by atoms with E-state index < -0.39 is 17.9 Å². The highest BCUT2D eigenvalue weighted by Gasteiger charge is 2.51. The first-order chi connectivity index (χ1) is 18.4. The summed E-state index contributed by atoms with van der Waals surface area (Å²) in [6.07, 6.45) is 4.40. The number of likely N-dealkylation sites (tertiary alicyclic amines) is 1. The van der Waals surface area contributed by atoms with Crippen LogP contribution in [0.15, 0.2) is 97.2 Å². The number of piperidine rings is 1. The minimum absolute atomic E-state index is 0.331. The summed E-state index contributed by atoms with van der Waals surface area (Å²) in [6, 6.07) is 26.1. The molecule has 1 aliphatic heterocycles. The zero-order chi connectivity index (χ0) is 26.5. The standard InChI is InChI=1S/C32H31F2N3O/c1-23-22-26(18-19-35-23)24-14-16-27(17-15-24)36-31(38)32(33,34)30(37-20-8-3-9-21-37)29-13-7-6-12-28(29)25-10-4-2-5-11-25/h2,4-7,10-19,22,30H,3,8-9,20-21H2,1H3,(H,36,38). The second kappa shape index (κ2) is 11.2. The van der Waals surface area contributed by atoms with Crippen molar-refractivity contribution in [3.63, 3.8) is 0 Å². The van der Waals surface area contributed by atoms with Crippen molar-refractivity contribution in [1.29, 1.82) is 0 Å². The molecule has 0 spiro atoms. The van der Waals surface area contributed by atoms with Crippen molar-refractivity contribution < 1.29 is 13.6 Å². The van der Waals surface area contributed by atoms with Crippen LogP contribution in [-0.4, -0.2) is 34.8 Å². The second-order valence-corrected chi connectivity index (χ2v) is 9.79. The summed E-state index contributed by atoms with van der Waals surface area (Å²) in [5, 5.41) is 2.49. The molecule has 1 aromatic heterocycles. The number of aromatic nitrogens is 1. The molecule has 1 saturated heterocycles. The summed E-state index contributed by atoms with van der Waals surface area (Å²) in [6.45, 7) is 2.96. The number of rotatable bonds is 7. The normalized spacial score (nSPS) is 15.1. The van der Waals surface area contributed by atoms with E-state index >= 15 is 8.78 Å². The van der Waals surface area contributed by atoms with E-state index in [2.05, 4.69) is 10.3 Å². The van der Waals surface area contributed by atoms with Gasteiger partial charge in [0, 0.05) is 17.6 Å². The van der Waals surface area contributed by atoms with Crippen LogP contribution in [0.3, 0.4) is 0 Å². The Kier molecular flexibility index (Phi) is 7.61. The lowest BCUT2D eigenvalue weighted by Gasteiger charge is -2.39. The molecule has 0 bridgehead atoms. The van der Waals surface area contributed by atoms with E-state index in [1.54, 1.807) is 35.4 Å². The van der Waals surface area contributed by atoms with Crippen molar-refractivity contribution in [3.05, 3.63) is 108 Å². The predicted octanol–water partition coefficient (Wildman–Crippen LogP) is 7.53. The summed E-state index contributed by atoms with van der Waals surface area (Å²) < 4.78 is 32.5. The van der Waals surface area contributed by atoms with Gasteiger partial charge in [0.15, 0.2) is 0 Å². The molecule has 2 heterocycles. The SMILES string of the molecule is Cc1cc(-c2ccc(NC(=O)C(F)(F)C(c3ccccc3-c3ccccc3)N3CCCCC3)cc2)ccn1. The number of amides is 1. The average Bonchev–Trinajstić information content (AvgIpc) is 2.95. The molecule has 4 aromatic rings. The highest BCUT2D eigenvalue weighted by atomic mass is 19.3. The number of aryl methyl sites for hydroxylation is 1. The Bertz CT molecular complexity index is 1380. The van der Waals surface area contributed by atoms with Crippen LogP contribution in [0.5, 0.6) is 0 Å². The van der Waals surface area contributed by atoms with E-state index in [0.29, 0.717) is 29.9 Å². The average molecular weight is 512 g/mol. The van der Waals surface area contributed by atoms with Gasteiger partial charge in [0.05, 0.1) is 0 Å². The number of nitrogens with one attached hydrogen (secondary N) is 1. The summed E-state index contributed by atoms with van der Waals surface area (Å²) >= 11 is 0. The van der Waals surface area contributed by atoms with Crippen molar-refractivity contribution in [2.45, 2.75) is 38.2 Å². The number of hydrogen-bond donors (Lipinski definition) is 1. The number of halogens is 2. The zero-order valence-corrected chi connectivity index (χ0v) is 21.4. The molecule has 1 N–H and O–H groups in total. The lowest BCUT2D eigenvalue weighted by Crippen LogP contribution is -2.49. The minimum Gasteiger partial charge on any atom is -0.321 e. The second-order valence-electron chi connectivity index (χ2n) is 9.79. The van der Waals surface area contributed by atoms with Crippen LogP contribution < -0.4 is 5.32 Å². The molecule has 1 amide bonds. The number of benzene rings is 3. The Labute approximate surface area is 222 Å². The molecular weight excluding hydrogens is 480 g/mol. The third-order valence-corrected chi connectivity index (χ3v) is 7.11. The molecule has 6 heteroatoms. The highest BCUT2D eigenvalue weighted by molar-refractivity contribution is 5.97. The maximum atomic E-state index is 16.3. The molecule has 4 nitrogen and oxygen atoms in total. The topological polar surface area (TPSA) is 45.2 Å². The van der Waals surface area contributed by atoms with E-state index in [1.165, 1.54) is 0 Å². The molecule has 1 aliphatic rings. The quantitative estimate of drug-likeness (QED) is 0.279. The molecule has 0 saturated carbocycles. The van der Waals surface area contributed by atoms with E-state index in [-0.39, 0.29) is 0 Å². The fourth-order valence-electron chi connectivity index (χ4n) is 5.22. The van der Waals surface area contributed by atoms with Crippen molar-refractivity contribution in [3.8, 4) is 22.3 Å². The van der Waals surface area contributed by atoms with Crippen LogP contribution in [0.25, 0.3) is 22.3 Å². The summed E-state index contributed by atoms with van der Waals surface area (Å²) in [5.41, 5.74) is 5.14.